The molecule has 3 aromatic rings. The normalized spacial score (nSPS) is 14.3. The van der Waals surface area contributed by atoms with Crippen LogP contribution in [-0.2, 0) is 11.2 Å². The van der Waals surface area contributed by atoms with Crippen molar-refractivity contribution in [1.29, 1.82) is 0 Å². The molecule has 7 nitrogen and oxygen atoms in total. The fraction of sp³-hybridized carbons (Fsp3) is 0.444. The zero-order valence-electron chi connectivity index (χ0n) is 20.4. The molecule has 2 aromatic carbocycles. The molecule has 2 heterocycles. The number of methoxy groups -OCH3 is 1. The van der Waals surface area contributed by atoms with Gasteiger partial charge in [0, 0.05) is 37.6 Å². The number of aromatic nitrogens is 2. The third kappa shape index (κ3) is 5.81. The topological polar surface area (TPSA) is 78.8 Å². The van der Waals surface area contributed by atoms with E-state index in [-0.39, 0.29) is 13.2 Å². The molecule has 0 atom stereocenters. The van der Waals surface area contributed by atoms with Crippen LogP contribution in [0.3, 0.4) is 0 Å². The zero-order valence-corrected chi connectivity index (χ0v) is 20.4. The highest BCUT2D eigenvalue weighted by Gasteiger charge is 2.25. The highest BCUT2D eigenvalue weighted by atomic mass is 19.1. The third-order valence-corrected chi connectivity index (χ3v) is 6.68. The molecule has 4 rings (SSSR count). The molecule has 0 aliphatic carbocycles. The number of carboxylic acids is 1. The predicted octanol–water partition coefficient (Wildman–Crippen LogP) is 4.84. The first kappa shape index (κ1) is 24.7. The Bertz CT molecular complexity index is 1160. The number of para-hydroxylation sites is 1. The molecule has 1 saturated heterocycles. The quantitative estimate of drug-likeness (QED) is 0.416. The number of carbonyl (C=O) groups is 1. The van der Waals surface area contributed by atoms with Gasteiger partial charge in [-0.15, -0.1) is 0 Å². The van der Waals surface area contributed by atoms with Gasteiger partial charge in [-0.2, -0.15) is 0 Å². The predicted molar refractivity (Wildman–Crippen MR) is 137 cm³/mol. The number of aryl methyl sites for hydroxylation is 1. The molecule has 0 radical (unpaired) electrons. The number of hydrogen-bond donors (Lipinski definition) is 1. The van der Waals surface area contributed by atoms with Crippen molar-refractivity contribution >= 4 is 28.4 Å². The summed E-state index contributed by atoms with van der Waals surface area (Å²) < 4.78 is 18.2. The third-order valence-electron chi connectivity index (χ3n) is 6.68. The van der Waals surface area contributed by atoms with Crippen molar-refractivity contribution in [1.82, 2.24) is 9.97 Å². The number of alkyl halides is 1. The summed E-state index contributed by atoms with van der Waals surface area (Å²) in [5.41, 5.74) is 2.87. The number of benzene rings is 2. The molecule has 1 aliphatic rings. The van der Waals surface area contributed by atoms with E-state index in [1.807, 2.05) is 30.3 Å². The van der Waals surface area contributed by atoms with Gasteiger partial charge in [-0.1, -0.05) is 18.2 Å². The smallest absolute Gasteiger partial charge is 0.323 e. The van der Waals surface area contributed by atoms with Gasteiger partial charge in [0.2, 0.25) is 0 Å². The van der Waals surface area contributed by atoms with Gasteiger partial charge in [0.1, 0.15) is 23.9 Å². The van der Waals surface area contributed by atoms with Gasteiger partial charge in [-0.3, -0.25) is 9.18 Å². The van der Waals surface area contributed by atoms with Crippen LogP contribution in [0.15, 0.2) is 42.5 Å². The summed E-state index contributed by atoms with van der Waals surface area (Å²) in [7, 11) is 3.48. The van der Waals surface area contributed by atoms with Crippen LogP contribution in [-0.4, -0.2) is 61.5 Å². The minimum Gasteiger partial charge on any atom is -0.496 e. The number of likely N-dealkylation sites (N-methyl/N-ethyl adjacent to an activating group) is 1. The van der Waals surface area contributed by atoms with E-state index in [0.29, 0.717) is 25.2 Å². The van der Waals surface area contributed by atoms with Crippen molar-refractivity contribution in [3.05, 3.63) is 53.9 Å². The highest BCUT2D eigenvalue weighted by molar-refractivity contribution is 5.92. The lowest BCUT2D eigenvalue weighted by molar-refractivity contribution is -0.135. The molecule has 1 N–H and O–H groups in total. The lowest BCUT2D eigenvalue weighted by Crippen LogP contribution is -2.34. The number of ether oxygens (including phenoxy) is 1. The molecular weight excluding hydrogens is 447 g/mol. The molecule has 1 aliphatic heterocycles. The van der Waals surface area contributed by atoms with E-state index in [4.69, 9.17) is 14.7 Å². The Balaban J connectivity index is 1.63. The van der Waals surface area contributed by atoms with E-state index in [2.05, 4.69) is 17.0 Å². The second-order valence-electron chi connectivity index (χ2n) is 9.06. The minimum absolute atomic E-state index is 0.0900. The Kier molecular flexibility index (Phi) is 8.00. The number of hydrogen-bond acceptors (Lipinski definition) is 6. The second kappa shape index (κ2) is 11.3. The lowest BCUT2D eigenvalue weighted by Gasteiger charge is -2.34. The molecule has 8 heteroatoms. The maximum atomic E-state index is 12.7. The molecule has 35 heavy (non-hydrogen) atoms. The fourth-order valence-corrected chi connectivity index (χ4v) is 4.82. The Morgan fingerprint density at radius 2 is 1.94 bits per heavy atom. The fourth-order valence-electron chi connectivity index (χ4n) is 4.82. The molecule has 0 amide bonds. The van der Waals surface area contributed by atoms with Crippen molar-refractivity contribution in [3.63, 3.8) is 0 Å². The zero-order chi connectivity index (χ0) is 24.8. The number of anilines is 2. The maximum absolute atomic E-state index is 12.7. The van der Waals surface area contributed by atoms with Crippen LogP contribution >= 0.6 is 0 Å². The first-order valence-corrected chi connectivity index (χ1v) is 12.2. The average molecular weight is 481 g/mol. The molecular formula is C27H33FN4O3. The Labute approximate surface area is 205 Å². The van der Waals surface area contributed by atoms with Gasteiger partial charge in [0.15, 0.2) is 0 Å². The standard InChI is InChI=1S/C27H33FN4O3/c1-31(18-26(33)34)20-10-11-23-22(17-20)27(30-25(29-23)9-5-6-14-28)32-15-12-19(13-16-32)21-7-3-4-8-24(21)35-2/h3-4,7-8,10-11,17,19H,5-6,9,12-16,18H2,1-2H3,(H,33,34). The van der Waals surface area contributed by atoms with Gasteiger partial charge in [-0.05, 0) is 61.4 Å². The van der Waals surface area contributed by atoms with Crippen molar-refractivity contribution < 1.29 is 19.0 Å². The van der Waals surface area contributed by atoms with Crippen LogP contribution in [0.2, 0.25) is 0 Å². The number of piperidine rings is 1. The summed E-state index contributed by atoms with van der Waals surface area (Å²) in [5.74, 6) is 2.05. The lowest BCUT2D eigenvalue weighted by atomic mass is 9.88. The second-order valence-corrected chi connectivity index (χ2v) is 9.06. The number of carboxylic acid groups (broad SMARTS) is 1. The molecule has 1 fully saturated rings. The number of halogens is 1. The van der Waals surface area contributed by atoms with Gasteiger partial charge >= 0.3 is 5.97 Å². The van der Waals surface area contributed by atoms with Crippen molar-refractivity contribution in [2.24, 2.45) is 0 Å². The van der Waals surface area contributed by atoms with Gasteiger partial charge in [0.05, 0.1) is 19.3 Å². The van der Waals surface area contributed by atoms with Gasteiger partial charge in [-0.25, -0.2) is 9.97 Å². The summed E-state index contributed by atoms with van der Waals surface area (Å²) in [6.07, 6.45) is 3.78. The van der Waals surface area contributed by atoms with Gasteiger partial charge in [0.25, 0.3) is 0 Å². The van der Waals surface area contributed by atoms with Crippen molar-refractivity contribution in [2.45, 2.75) is 38.0 Å². The largest absolute Gasteiger partial charge is 0.496 e. The molecule has 0 spiro atoms. The average Bonchev–Trinajstić information content (AvgIpc) is 2.88. The van der Waals surface area contributed by atoms with Crippen molar-refractivity contribution in [3.8, 4) is 5.75 Å². The number of rotatable bonds is 10. The maximum Gasteiger partial charge on any atom is 0.323 e. The highest BCUT2D eigenvalue weighted by Crippen LogP contribution is 2.37. The van der Waals surface area contributed by atoms with Crippen LogP contribution in [0.25, 0.3) is 10.9 Å². The first-order valence-electron chi connectivity index (χ1n) is 12.2. The van der Waals surface area contributed by atoms with Crippen LogP contribution < -0.4 is 14.5 Å². The Hall–Kier alpha value is -3.42. The first-order chi connectivity index (χ1) is 17.0. The minimum atomic E-state index is -0.884. The summed E-state index contributed by atoms with van der Waals surface area (Å²) in [4.78, 5) is 24.9. The van der Waals surface area contributed by atoms with Crippen LogP contribution in [0.4, 0.5) is 15.9 Å². The Morgan fingerprint density at radius 3 is 2.66 bits per heavy atom. The molecule has 0 bridgehead atoms. The summed E-state index contributed by atoms with van der Waals surface area (Å²) >= 11 is 0. The van der Waals surface area contributed by atoms with Crippen LogP contribution in [0, 0.1) is 0 Å². The SMILES string of the molecule is COc1ccccc1C1CCN(c2nc(CCCCF)nc3ccc(N(C)CC(=O)O)cc23)CC1. The number of nitrogens with zero attached hydrogens (tertiary/aromatic N) is 4. The molecule has 0 saturated carbocycles. The van der Waals surface area contributed by atoms with Gasteiger partial charge < -0.3 is 19.6 Å². The van der Waals surface area contributed by atoms with E-state index < -0.39 is 5.97 Å². The van der Waals surface area contributed by atoms with E-state index >= 15 is 0 Å². The molecule has 1 aromatic heterocycles. The summed E-state index contributed by atoms with van der Waals surface area (Å²) in [6, 6.07) is 14.0. The van der Waals surface area contributed by atoms with E-state index in [1.165, 1.54) is 5.56 Å². The summed E-state index contributed by atoms with van der Waals surface area (Å²) in [5, 5.41) is 10.1. The monoisotopic (exact) mass is 480 g/mol. The number of aliphatic carboxylic acids is 1. The number of fused-ring (bicyclic) bond motifs is 1. The van der Waals surface area contributed by atoms with Crippen molar-refractivity contribution in [2.75, 3.05) is 50.3 Å². The van der Waals surface area contributed by atoms with Crippen LogP contribution in [0.5, 0.6) is 5.75 Å². The Morgan fingerprint density at radius 1 is 1.17 bits per heavy atom. The van der Waals surface area contributed by atoms with E-state index in [9.17, 15) is 14.3 Å². The molecule has 0 unspecified atom stereocenters. The van der Waals surface area contributed by atoms with E-state index in [0.717, 1.165) is 59.9 Å². The van der Waals surface area contributed by atoms with Crippen LogP contribution in [0.1, 0.15) is 43.0 Å². The molecule has 186 valence electrons. The van der Waals surface area contributed by atoms with E-state index in [1.54, 1.807) is 19.1 Å². The number of unbranched alkanes of at least 4 members (excludes halogenated alkanes) is 1. The summed E-state index contributed by atoms with van der Waals surface area (Å²) in [6.45, 7) is 1.26.